The number of nitrogens with one attached hydrogen (secondary N) is 2. The number of guanidine groups is 1. The molecule has 134 valence electrons. The lowest BCUT2D eigenvalue weighted by Gasteiger charge is -2.22. The molecule has 0 spiro atoms. The van der Waals surface area contributed by atoms with Crippen molar-refractivity contribution in [2.45, 2.75) is 39.4 Å². The van der Waals surface area contributed by atoms with Crippen molar-refractivity contribution in [3.8, 4) is 0 Å². The average Bonchev–Trinajstić information content (AvgIpc) is 2.92. The van der Waals surface area contributed by atoms with Gasteiger partial charge in [-0.25, -0.2) is 4.98 Å². The molecule has 0 aromatic carbocycles. The molecule has 2 unspecified atom stereocenters. The van der Waals surface area contributed by atoms with Gasteiger partial charge < -0.3 is 15.5 Å². The van der Waals surface area contributed by atoms with Gasteiger partial charge in [0.25, 0.3) is 0 Å². The highest BCUT2D eigenvalue weighted by Gasteiger charge is 2.31. The van der Waals surface area contributed by atoms with Gasteiger partial charge in [-0.15, -0.1) is 0 Å². The van der Waals surface area contributed by atoms with E-state index in [1.165, 1.54) is 0 Å². The summed E-state index contributed by atoms with van der Waals surface area (Å²) in [4.78, 5) is 13.5. The molecule has 1 fully saturated rings. The molecule has 0 amide bonds. The van der Waals surface area contributed by atoms with Crippen LogP contribution >= 0.6 is 0 Å². The second-order valence-electron chi connectivity index (χ2n) is 7.08. The number of rotatable bonds is 5. The number of hydrogen-bond donors (Lipinski definition) is 2. The van der Waals surface area contributed by atoms with E-state index >= 15 is 0 Å². The highest BCUT2D eigenvalue weighted by Crippen LogP contribution is 2.18. The summed E-state index contributed by atoms with van der Waals surface area (Å²) < 4.78 is 0. The van der Waals surface area contributed by atoms with Crippen LogP contribution in [0.1, 0.15) is 26.5 Å². The number of likely N-dealkylation sites (tertiary alicyclic amines) is 1. The van der Waals surface area contributed by atoms with Crippen LogP contribution in [0.5, 0.6) is 0 Å². The molecule has 1 aliphatic rings. The van der Waals surface area contributed by atoms with E-state index in [1.807, 2.05) is 44.2 Å². The van der Waals surface area contributed by atoms with Crippen molar-refractivity contribution in [1.29, 1.82) is 0 Å². The van der Waals surface area contributed by atoms with Gasteiger partial charge in [0, 0.05) is 46.3 Å². The first-order chi connectivity index (χ1) is 11.4. The van der Waals surface area contributed by atoms with Gasteiger partial charge in [0.15, 0.2) is 5.96 Å². The lowest BCUT2D eigenvalue weighted by Crippen LogP contribution is -2.46. The molecule has 6 nitrogen and oxygen atoms in total. The Labute approximate surface area is 146 Å². The minimum absolute atomic E-state index is 0.430. The van der Waals surface area contributed by atoms with Crippen molar-refractivity contribution < 1.29 is 0 Å². The van der Waals surface area contributed by atoms with E-state index in [0.717, 1.165) is 30.6 Å². The van der Waals surface area contributed by atoms with E-state index in [4.69, 9.17) is 0 Å². The molecule has 0 bridgehead atoms. The number of nitrogens with zero attached hydrogens (tertiary/aromatic N) is 4. The minimum Gasteiger partial charge on any atom is -0.363 e. The minimum atomic E-state index is 0.430. The Bertz CT molecular complexity index is 554. The first kappa shape index (κ1) is 18.5. The summed E-state index contributed by atoms with van der Waals surface area (Å²) in [7, 11) is 5.82. The molecule has 2 rings (SSSR count). The van der Waals surface area contributed by atoms with Gasteiger partial charge in [-0.1, -0.05) is 13.0 Å². The first-order valence-electron chi connectivity index (χ1n) is 8.75. The number of aromatic nitrogens is 1. The van der Waals surface area contributed by atoms with Crippen LogP contribution in [0.2, 0.25) is 0 Å². The fraction of sp³-hybridized carbons (Fsp3) is 0.667. The summed E-state index contributed by atoms with van der Waals surface area (Å²) in [6.45, 7) is 9.68. The summed E-state index contributed by atoms with van der Waals surface area (Å²) in [5.41, 5.74) is 1.01. The molecule has 2 N–H and O–H groups in total. The third-order valence-electron chi connectivity index (χ3n) is 4.60. The summed E-state index contributed by atoms with van der Waals surface area (Å²) in [6, 6.07) is 7.10. The fourth-order valence-corrected chi connectivity index (χ4v) is 2.97. The van der Waals surface area contributed by atoms with E-state index in [1.54, 1.807) is 0 Å². The maximum absolute atomic E-state index is 4.63. The highest BCUT2D eigenvalue weighted by atomic mass is 15.3. The number of pyridine rings is 1. The Hall–Kier alpha value is -1.82. The van der Waals surface area contributed by atoms with Crippen LogP contribution in [0.4, 0.5) is 5.82 Å². The Morgan fingerprint density at radius 1 is 1.38 bits per heavy atom. The van der Waals surface area contributed by atoms with Crippen molar-refractivity contribution in [3.63, 3.8) is 0 Å². The van der Waals surface area contributed by atoms with Crippen molar-refractivity contribution >= 4 is 11.8 Å². The second-order valence-corrected chi connectivity index (χ2v) is 7.08. The van der Waals surface area contributed by atoms with Crippen LogP contribution in [-0.2, 0) is 6.54 Å². The number of hydrogen-bond acceptors (Lipinski definition) is 4. The summed E-state index contributed by atoms with van der Waals surface area (Å²) in [5, 5.41) is 6.95. The molecule has 2 atom stereocenters. The first-order valence-corrected chi connectivity index (χ1v) is 8.75. The molecule has 0 radical (unpaired) electrons. The van der Waals surface area contributed by atoms with Gasteiger partial charge in [-0.05, 0) is 31.9 Å². The van der Waals surface area contributed by atoms with E-state index in [0.29, 0.717) is 24.5 Å². The van der Waals surface area contributed by atoms with Crippen molar-refractivity contribution in [2.24, 2.45) is 10.9 Å². The zero-order chi connectivity index (χ0) is 17.7. The van der Waals surface area contributed by atoms with Crippen LogP contribution < -0.4 is 15.5 Å². The van der Waals surface area contributed by atoms with E-state index in [2.05, 4.69) is 46.3 Å². The average molecular weight is 332 g/mol. The van der Waals surface area contributed by atoms with Crippen LogP contribution in [-0.4, -0.2) is 62.2 Å². The molecule has 1 aromatic heterocycles. The van der Waals surface area contributed by atoms with Gasteiger partial charge in [0.1, 0.15) is 5.82 Å². The third kappa shape index (κ3) is 4.84. The van der Waals surface area contributed by atoms with E-state index < -0.39 is 0 Å². The quantitative estimate of drug-likeness (QED) is 0.633. The SMILES string of the molecule is CN=C(NCc1cccc(N(C)C)n1)NC1CN(C(C)C)CC1C. The van der Waals surface area contributed by atoms with Crippen molar-refractivity contribution in [2.75, 3.05) is 39.1 Å². The van der Waals surface area contributed by atoms with Crippen molar-refractivity contribution in [3.05, 3.63) is 23.9 Å². The molecule has 1 aromatic rings. The molecular weight excluding hydrogens is 300 g/mol. The standard InChI is InChI=1S/C18H32N6/c1-13(2)24-11-14(3)16(12-24)22-18(19-4)20-10-15-8-7-9-17(21-15)23(5)6/h7-9,13-14,16H,10-12H2,1-6H3,(H2,19,20,22). The molecule has 0 aliphatic carbocycles. The van der Waals surface area contributed by atoms with Crippen LogP contribution in [0.15, 0.2) is 23.2 Å². The topological polar surface area (TPSA) is 55.8 Å². The normalized spacial score (nSPS) is 22.0. The molecule has 1 aliphatic heterocycles. The number of aliphatic imine (C=N–C) groups is 1. The Kier molecular flexibility index (Phi) is 6.43. The molecular formula is C18H32N6. The zero-order valence-corrected chi connectivity index (χ0v) is 15.9. The van der Waals surface area contributed by atoms with Crippen LogP contribution in [0.25, 0.3) is 0 Å². The summed E-state index contributed by atoms with van der Waals surface area (Å²) >= 11 is 0. The smallest absolute Gasteiger partial charge is 0.191 e. The lowest BCUT2D eigenvalue weighted by molar-refractivity contribution is 0.265. The van der Waals surface area contributed by atoms with Crippen LogP contribution in [0, 0.1) is 5.92 Å². The van der Waals surface area contributed by atoms with Gasteiger partial charge in [-0.3, -0.25) is 9.89 Å². The van der Waals surface area contributed by atoms with Crippen LogP contribution in [0.3, 0.4) is 0 Å². The fourth-order valence-electron chi connectivity index (χ4n) is 2.97. The van der Waals surface area contributed by atoms with Gasteiger partial charge in [-0.2, -0.15) is 0 Å². The van der Waals surface area contributed by atoms with Crippen molar-refractivity contribution in [1.82, 2.24) is 20.5 Å². The van der Waals surface area contributed by atoms with Gasteiger partial charge >= 0.3 is 0 Å². The van der Waals surface area contributed by atoms with Gasteiger partial charge in [0.05, 0.1) is 12.2 Å². The highest BCUT2D eigenvalue weighted by molar-refractivity contribution is 5.80. The monoisotopic (exact) mass is 332 g/mol. The molecule has 6 heteroatoms. The maximum atomic E-state index is 4.63. The summed E-state index contributed by atoms with van der Waals surface area (Å²) in [6.07, 6.45) is 0. The Morgan fingerprint density at radius 3 is 2.71 bits per heavy atom. The predicted octanol–water partition coefficient (Wildman–Crippen LogP) is 1.54. The molecule has 24 heavy (non-hydrogen) atoms. The molecule has 2 heterocycles. The number of anilines is 1. The largest absolute Gasteiger partial charge is 0.363 e. The second kappa shape index (κ2) is 8.33. The summed E-state index contributed by atoms with van der Waals surface area (Å²) in [5.74, 6) is 2.42. The molecule has 0 saturated carbocycles. The Balaban J connectivity index is 1.90. The zero-order valence-electron chi connectivity index (χ0n) is 15.9. The maximum Gasteiger partial charge on any atom is 0.191 e. The van der Waals surface area contributed by atoms with Gasteiger partial charge in [0.2, 0.25) is 0 Å². The van der Waals surface area contributed by atoms with E-state index in [-0.39, 0.29) is 0 Å². The third-order valence-corrected chi connectivity index (χ3v) is 4.60. The predicted molar refractivity (Wildman–Crippen MR) is 102 cm³/mol. The van der Waals surface area contributed by atoms with E-state index in [9.17, 15) is 0 Å². The lowest BCUT2D eigenvalue weighted by atomic mass is 10.1. The Morgan fingerprint density at radius 2 is 2.12 bits per heavy atom. The molecule has 1 saturated heterocycles.